The summed E-state index contributed by atoms with van der Waals surface area (Å²) in [5.74, 6) is 0.0382. The van der Waals surface area contributed by atoms with E-state index < -0.39 is 26.0 Å². The topological polar surface area (TPSA) is 122 Å². The molecule has 190 valence electrons. The zero-order chi connectivity index (χ0) is 25.9. The molecule has 0 aliphatic carbocycles. The lowest BCUT2D eigenvalue weighted by Gasteiger charge is -2.15. The van der Waals surface area contributed by atoms with E-state index in [0.717, 1.165) is 12.8 Å². The predicted octanol–water partition coefficient (Wildman–Crippen LogP) is 4.19. The second-order valence-electron chi connectivity index (χ2n) is 8.07. The summed E-state index contributed by atoms with van der Waals surface area (Å²) in [6.45, 7) is 0.972. The van der Waals surface area contributed by atoms with Crippen molar-refractivity contribution in [2.75, 3.05) is 30.2 Å². The Kier molecular flexibility index (Phi) is 7.55. The van der Waals surface area contributed by atoms with Crippen LogP contribution in [-0.2, 0) is 20.0 Å². The van der Waals surface area contributed by atoms with Crippen molar-refractivity contribution in [1.29, 1.82) is 0 Å². The Bertz CT molecular complexity index is 1470. The fraction of sp³-hybridized carbons (Fsp3) is 0.208. The van der Waals surface area contributed by atoms with Crippen LogP contribution in [0.1, 0.15) is 23.2 Å². The Balaban J connectivity index is 1.50. The number of rotatable bonds is 8. The minimum atomic E-state index is -4.06. The summed E-state index contributed by atoms with van der Waals surface area (Å²) < 4.78 is 60.1. The van der Waals surface area contributed by atoms with E-state index in [0.29, 0.717) is 24.5 Å². The van der Waals surface area contributed by atoms with Crippen LogP contribution in [0.5, 0.6) is 5.75 Å². The van der Waals surface area contributed by atoms with Crippen LogP contribution in [0.3, 0.4) is 0 Å². The monoisotopic (exact) mass is 549 g/mol. The molecule has 0 spiro atoms. The van der Waals surface area contributed by atoms with Crippen molar-refractivity contribution in [2.24, 2.45) is 0 Å². The minimum absolute atomic E-state index is 0.0227. The van der Waals surface area contributed by atoms with Gasteiger partial charge in [-0.05, 0) is 79.6 Å². The lowest BCUT2D eigenvalue weighted by Crippen LogP contribution is -2.27. The van der Waals surface area contributed by atoms with Gasteiger partial charge < -0.3 is 10.1 Å². The lowest BCUT2D eigenvalue weighted by molar-refractivity contribution is 0.102. The molecule has 36 heavy (non-hydrogen) atoms. The van der Waals surface area contributed by atoms with E-state index in [1.54, 1.807) is 24.3 Å². The average molecular weight is 550 g/mol. The lowest BCUT2D eigenvalue weighted by atomic mass is 10.2. The largest absolute Gasteiger partial charge is 0.497 e. The van der Waals surface area contributed by atoms with Crippen LogP contribution in [0.2, 0.25) is 5.02 Å². The standard InChI is InChI=1S/C24H24ClN3O6S2/c1-34-20-9-6-18(7-10-20)27-35(30,31)23-16-19(8-13-22(23)25)26-24(29)17-4-11-21(12-5-17)36(32,33)28-14-2-3-15-28/h4-13,16,27H,2-3,14-15H2,1H3,(H,26,29). The molecule has 1 saturated heterocycles. The van der Waals surface area contributed by atoms with Gasteiger partial charge in [-0.3, -0.25) is 9.52 Å². The Morgan fingerprint density at radius 3 is 2.11 bits per heavy atom. The number of halogens is 1. The zero-order valence-electron chi connectivity index (χ0n) is 19.3. The molecule has 0 saturated carbocycles. The summed E-state index contributed by atoms with van der Waals surface area (Å²) in [4.78, 5) is 12.6. The van der Waals surface area contributed by atoms with E-state index in [2.05, 4.69) is 10.0 Å². The number of anilines is 2. The quantitative estimate of drug-likeness (QED) is 0.434. The highest BCUT2D eigenvalue weighted by Gasteiger charge is 2.27. The number of amides is 1. The normalized spacial score (nSPS) is 14.4. The summed E-state index contributed by atoms with van der Waals surface area (Å²) in [5.41, 5.74) is 0.727. The van der Waals surface area contributed by atoms with E-state index in [1.807, 2.05) is 0 Å². The van der Waals surface area contributed by atoms with Crippen LogP contribution in [0.15, 0.2) is 76.5 Å². The van der Waals surface area contributed by atoms with Gasteiger partial charge in [0.1, 0.15) is 10.6 Å². The van der Waals surface area contributed by atoms with E-state index in [4.69, 9.17) is 16.3 Å². The van der Waals surface area contributed by atoms with Gasteiger partial charge in [0.25, 0.3) is 15.9 Å². The number of nitrogens with zero attached hydrogens (tertiary/aromatic N) is 1. The number of hydrogen-bond donors (Lipinski definition) is 2. The maximum absolute atomic E-state index is 12.9. The average Bonchev–Trinajstić information content (AvgIpc) is 3.41. The van der Waals surface area contributed by atoms with Gasteiger partial charge >= 0.3 is 0 Å². The number of nitrogens with one attached hydrogen (secondary N) is 2. The van der Waals surface area contributed by atoms with Crippen molar-refractivity contribution in [3.8, 4) is 5.75 Å². The molecule has 1 aliphatic heterocycles. The molecular weight excluding hydrogens is 526 g/mol. The molecule has 4 rings (SSSR count). The molecule has 0 bridgehead atoms. The molecule has 3 aromatic carbocycles. The Morgan fingerprint density at radius 2 is 1.50 bits per heavy atom. The molecule has 1 fully saturated rings. The van der Waals surface area contributed by atoms with Crippen LogP contribution in [0.25, 0.3) is 0 Å². The Morgan fingerprint density at radius 1 is 0.889 bits per heavy atom. The molecule has 1 aliphatic rings. The molecule has 0 atom stereocenters. The second kappa shape index (κ2) is 10.5. The molecule has 1 amide bonds. The third kappa shape index (κ3) is 5.65. The van der Waals surface area contributed by atoms with Crippen LogP contribution in [0, 0.1) is 0 Å². The third-order valence-electron chi connectivity index (χ3n) is 5.64. The first-order chi connectivity index (χ1) is 17.1. The van der Waals surface area contributed by atoms with E-state index in [-0.39, 0.29) is 26.1 Å². The van der Waals surface area contributed by atoms with Gasteiger partial charge in [-0.25, -0.2) is 16.8 Å². The number of carbonyl (C=O) groups excluding carboxylic acids is 1. The maximum Gasteiger partial charge on any atom is 0.263 e. The van der Waals surface area contributed by atoms with Gasteiger partial charge in [0.2, 0.25) is 10.0 Å². The smallest absolute Gasteiger partial charge is 0.263 e. The summed E-state index contributed by atoms with van der Waals surface area (Å²) in [5, 5.41) is 2.60. The van der Waals surface area contributed by atoms with Gasteiger partial charge in [0, 0.05) is 30.0 Å². The first-order valence-electron chi connectivity index (χ1n) is 11.0. The summed E-state index contributed by atoms with van der Waals surface area (Å²) in [7, 11) is -6.15. The Labute approximate surface area is 215 Å². The minimum Gasteiger partial charge on any atom is -0.497 e. The number of benzene rings is 3. The molecule has 0 aromatic heterocycles. The van der Waals surface area contributed by atoms with Crippen molar-refractivity contribution in [3.05, 3.63) is 77.3 Å². The highest BCUT2D eigenvalue weighted by Crippen LogP contribution is 2.28. The number of carbonyl (C=O) groups is 1. The molecule has 12 heteroatoms. The summed E-state index contributed by atoms with van der Waals surface area (Å²) in [6, 6.07) is 16.0. The number of ether oxygens (including phenoxy) is 1. The third-order valence-corrected chi connectivity index (χ3v) is 9.42. The SMILES string of the molecule is COc1ccc(NS(=O)(=O)c2cc(NC(=O)c3ccc(S(=O)(=O)N4CCCC4)cc3)ccc2Cl)cc1. The van der Waals surface area contributed by atoms with Crippen molar-refractivity contribution in [1.82, 2.24) is 4.31 Å². The zero-order valence-corrected chi connectivity index (χ0v) is 21.7. The van der Waals surface area contributed by atoms with Crippen molar-refractivity contribution < 1.29 is 26.4 Å². The predicted molar refractivity (Wildman–Crippen MR) is 138 cm³/mol. The van der Waals surface area contributed by atoms with Crippen molar-refractivity contribution in [3.63, 3.8) is 0 Å². The second-order valence-corrected chi connectivity index (χ2v) is 12.1. The van der Waals surface area contributed by atoms with Gasteiger partial charge in [0.05, 0.1) is 17.0 Å². The Hall–Kier alpha value is -3.12. The molecule has 3 aromatic rings. The highest BCUT2D eigenvalue weighted by molar-refractivity contribution is 7.92. The van der Waals surface area contributed by atoms with E-state index in [1.165, 1.54) is 53.9 Å². The molecule has 1 heterocycles. The fourth-order valence-corrected chi connectivity index (χ4v) is 6.82. The molecule has 9 nitrogen and oxygen atoms in total. The van der Waals surface area contributed by atoms with Crippen molar-refractivity contribution >= 4 is 48.9 Å². The molecule has 0 unspecified atom stereocenters. The van der Waals surface area contributed by atoms with Crippen LogP contribution < -0.4 is 14.8 Å². The summed E-state index contributed by atoms with van der Waals surface area (Å²) >= 11 is 6.15. The van der Waals surface area contributed by atoms with Crippen LogP contribution in [-0.4, -0.2) is 47.2 Å². The summed E-state index contributed by atoms with van der Waals surface area (Å²) in [6.07, 6.45) is 1.66. The van der Waals surface area contributed by atoms with E-state index >= 15 is 0 Å². The number of sulfonamides is 2. The highest BCUT2D eigenvalue weighted by atomic mass is 35.5. The molecule has 2 N–H and O–H groups in total. The molecular formula is C24H24ClN3O6S2. The van der Waals surface area contributed by atoms with E-state index in [9.17, 15) is 21.6 Å². The first-order valence-corrected chi connectivity index (χ1v) is 14.3. The van der Waals surface area contributed by atoms with Gasteiger partial charge in [-0.2, -0.15) is 4.31 Å². The fourth-order valence-electron chi connectivity index (χ4n) is 3.72. The van der Waals surface area contributed by atoms with Gasteiger partial charge in [0.15, 0.2) is 0 Å². The molecule has 0 radical (unpaired) electrons. The first kappa shape index (κ1) is 26.0. The number of hydrogen-bond acceptors (Lipinski definition) is 6. The van der Waals surface area contributed by atoms with Crippen molar-refractivity contribution in [2.45, 2.75) is 22.6 Å². The van der Waals surface area contributed by atoms with Gasteiger partial charge in [-0.1, -0.05) is 11.6 Å². The van der Waals surface area contributed by atoms with Crippen LogP contribution >= 0.6 is 11.6 Å². The van der Waals surface area contributed by atoms with Crippen LogP contribution in [0.4, 0.5) is 11.4 Å². The van der Waals surface area contributed by atoms with Gasteiger partial charge in [-0.15, -0.1) is 0 Å². The maximum atomic E-state index is 12.9. The number of methoxy groups -OCH3 is 1.